The highest BCUT2D eigenvalue weighted by Crippen LogP contribution is 2.39. The predicted molar refractivity (Wildman–Crippen MR) is 67.0 cm³/mol. The van der Waals surface area contributed by atoms with Crippen LogP contribution in [0.25, 0.3) is 0 Å². The Morgan fingerprint density at radius 1 is 1.44 bits per heavy atom. The van der Waals surface area contributed by atoms with Crippen LogP contribution < -0.4 is 0 Å². The summed E-state index contributed by atoms with van der Waals surface area (Å²) in [7, 11) is 0. The van der Waals surface area contributed by atoms with Gasteiger partial charge >= 0.3 is 5.97 Å². The Morgan fingerprint density at radius 3 is 2.67 bits per heavy atom. The highest BCUT2D eigenvalue weighted by atomic mass is 16.4. The maximum Gasteiger partial charge on any atom is 0.309 e. The van der Waals surface area contributed by atoms with E-state index in [4.69, 9.17) is 0 Å². The molecule has 1 aromatic rings. The van der Waals surface area contributed by atoms with Crippen molar-refractivity contribution >= 4 is 11.9 Å². The molecule has 1 N–H and O–H groups in total. The number of hydrogen-bond acceptors (Lipinski definition) is 2. The van der Waals surface area contributed by atoms with Gasteiger partial charge in [-0.1, -0.05) is 24.3 Å². The largest absolute Gasteiger partial charge is 0.481 e. The summed E-state index contributed by atoms with van der Waals surface area (Å²) in [6.07, 6.45) is 0.0994. The van der Waals surface area contributed by atoms with Crippen molar-refractivity contribution in [3.8, 4) is 0 Å². The first-order chi connectivity index (χ1) is 8.56. The van der Waals surface area contributed by atoms with E-state index in [1.807, 2.05) is 38.1 Å². The van der Waals surface area contributed by atoms with Gasteiger partial charge in [0.25, 0.3) is 0 Å². The number of nitrogens with zero attached hydrogens (tertiary/aromatic N) is 1. The zero-order valence-corrected chi connectivity index (χ0v) is 10.6. The van der Waals surface area contributed by atoms with E-state index >= 15 is 0 Å². The van der Waals surface area contributed by atoms with Gasteiger partial charge in [0.2, 0.25) is 5.91 Å². The number of aryl methyl sites for hydroxylation is 1. The number of aliphatic carboxylic acids is 1. The van der Waals surface area contributed by atoms with Crippen LogP contribution in [-0.2, 0) is 9.59 Å². The molecule has 0 radical (unpaired) electrons. The number of carboxylic acids is 1. The maximum absolute atomic E-state index is 11.9. The average Bonchev–Trinajstić information content (AvgIpc) is 2.67. The molecule has 0 bridgehead atoms. The lowest BCUT2D eigenvalue weighted by Gasteiger charge is -2.27. The van der Waals surface area contributed by atoms with E-state index in [0.717, 1.165) is 11.1 Å². The van der Waals surface area contributed by atoms with Gasteiger partial charge in [-0.3, -0.25) is 9.59 Å². The fourth-order valence-electron chi connectivity index (χ4n) is 2.69. The van der Waals surface area contributed by atoms with Crippen LogP contribution in [0.2, 0.25) is 0 Å². The highest BCUT2D eigenvalue weighted by molar-refractivity contribution is 5.87. The zero-order chi connectivity index (χ0) is 13.3. The van der Waals surface area contributed by atoms with Crippen molar-refractivity contribution in [1.82, 2.24) is 4.90 Å². The van der Waals surface area contributed by atoms with E-state index in [1.165, 1.54) is 0 Å². The first-order valence-corrected chi connectivity index (χ1v) is 6.14. The number of rotatable bonds is 3. The second-order valence-corrected chi connectivity index (χ2v) is 4.63. The van der Waals surface area contributed by atoms with Crippen LogP contribution >= 0.6 is 0 Å². The molecule has 2 rings (SSSR count). The molecule has 0 spiro atoms. The lowest BCUT2D eigenvalue weighted by atomic mass is 9.91. The van der Waals surface area contributed by atoms with Gasteiger partial charge in [0, 0.05) is 13.0 Å². The van der Waals surface area contributed by atoms with Gasteiger partial charge in [-0.15, -0.1) is 0 Å². The van der Waals surface area contributed by atoms with E-state index in [0.29, 0.717) is 6.54 Å². The van der Waals surface area contributed by atoms with Gasteiger partial charge in [-0.2, -0.15) is 0 Å². The quantitative estimate of drug-likeness (QED) is 0.888. The van der Waals surface area contributed by atoms with Crippen molar-refractivity contribution in [3.63, 3.8) is 0 Å². The SMILES string of the molecule is CCN1C(=O)C[C@@H](C(=O)O)[C@@H]1c1ccccc1C. The Balaban J connectivity index is 2.46. The molecule has 1 fully saturated rings. The lowest BCUT2D eigenvalue weighted by molar-refractivity contribution is -0.142. The fourth-order valence-corrected chi connectivity index (χ4v) is 2.69. The minimum absolute atomic E-state index is 0.0712. The van der Waals surface area contributed by atoms with E-state index in [2.05, 4.69) is 0 Å². The molecule has 1 aliphatic heterocycles. The Labute approximate surface area is 106 Å². The third-order valence-corrected chi connectivity index (χ3v) is 3.60. The molecule has 0 aliphatic carbocycles. The van der Waals surface area contributed by atoms with Gasteiger partial charge in [0.1, 0.15) is 0 Å². The van der Waals surface area contributed by atoms with Gasteiger partial charge < -0.3 is 10.0 Å². The topological polar surface area (TPSA) is 57.6 Å². The molecule has 1 heterocycles. The molecule has 0 saturated carbocycles. The van der Waals surface area contributed by atoms with Crippen molar-refractivity contribution in [1.29, 1.82) is 0 Å². The smallest absolute Gasteiger partial charge is 0.309 e. The van der Waals surface area contributed by atoms with Crippen molar-refractivity contribution < 1.29 is 14.7 Å². The molecule has 1 aromatic carbocycles. The third kappa shape index (κ3) is 1.98. The van der Waals surface area contributed by atoms with E-state index in [9.17, 15) is 14.7 Å². The van der Waals surface area contributed by atoms with Crippen LogP contribution in [0.15, 0.2) is 24.3 Å². The normalized spacial score (nSPS) is 23.4. The van der Waals surface area contributed by atoms with Gasteiger partial charge in [0.05, 0.1) is 12.0 Å². The molecule has 0 aromatic heterocycles. The second-order valence-electron chi connectivity index (χ2n) is 4.63. The Hall–Kier alpha value is -1.84. The van der Waals surface area contributed by atoms with Gasteiger partial charge in [-0.25, -0.2) is 0 Å². The standard InChI is InChI=1S/C14H17NO3/c1-3-15-12(16)8-11(14(17)18)13(15)10-7-5-4-6-9(10)2/h4-7,11,13H,3,8H2,1-2H3,(H,17,18)/t11-,13+/m1/s1. The van der Waals surface area contributed by atoms with E-state index < -0.39 is 11.9 Å². The minimum atomic E-state index is -0.896. The van der Waals surface area contributed by atoms with Crippen LogP contribution in [0.3, 0.4) is 0 Å². The number of carbonyl (C=O) groups excluding carboxylic acids is 1. The van der Waals surface area contributed by atoms with Crippen LogP contribution in [0.5, 0.6) is 0 Å². The Kier molecular flexibility index (Phi) is 3.36. The molecular weight excluding hydrogens is 230 g/mol. The third-order valence-electron chi connectivity index (χ3n) is 3.60. The predicted octanol–water partition coefficient (Wildman–Crippen LogP) is 1.99. The first-order valence-electron chi connectivity index (χ1n) is 6.14. The van der Waals surface area contributed by atoms with Crippen LogP contribution in [0, 0.1) is 12.8 Å². The summed E-state index contributed by atoms with van der Waals surface area (Å²) >= 11 is 0. The summed E-state index contributed by atoms with van der Waals surface area (Å²) < 4.78 is 0. The van der Waals surface area contributed by atoms with Crippen LogP contribution in [-0.4, -0.2) is 28.4 Å². The summed E-state index contributed by atoms with van der Waals surface area (Å²) in [4.78, 5) is 24.9. The lowest BCUT2D eigenvalue weighted by Crippen LogP contribution is -2.30. The molecule has 96 valence electrons. The maximum atomic E-state index is 11.9. The summed E-state index contributed by atoms with van der Waals surface area (Å²) in [6, 6.07) is 7.34. The number of likely N-dealkylation sites (tertiary alicyclic amines) is 1. The molecule has 1 amide bonds. The van der Waals surface area contributed by atoms with Gasteiger partial charge in [-0.05, 0) is 25.0 Å². The first kappa shape index (κ1) is 12.6. The van der Waals surface area contributed by atoms with Crippen molar-refractivity contribution in [2.45, 2.75) is 26.3 Å². The Morgan fingerprint density at radius 2 is 2.11 bits per heavy atom. The summed E-state index contributed by atoms with van der Waals surface area (Å²) in [6.45, 7) is 4.37. The van der Waals surface area contributed by atoms with Crippen molar-refractivity contribution in [2.75, 3.05) is 6.54 Å². The number of hydrogen-bond donors (Lipinski definition) is 1. The molecule has 4 heteroatoms. The number of carbonyl (C=O) groups is 2. The molecule has 0 unspecified atom stereocenters. The molecule has 4 nitrogen and oxygen atoms in total. The number of amides is 1. The minimum Gasteiger partial charge on any atom is -0.481 e. The fraction of sp³-hybridized carbons (Fsp3) is 0.429. The van der Waals surface area contributed by atoms with E-state index in [1.54, 1.807) is 4.90 Å². The molecule has 1 saturated heterocycles. The zero-order valence-electron chi connectivity index (χ0n) is 10.6. The van der Waals surface area contributed by atoms with E-state index in [-0.39, 0.29) is 18.4 Å². The van der Waals surface area contributed by atoms with Crippen molar-refractivity contribution in [2.24, 2.45) is 5.92 Å². The van der Waals surface area contributed by atoms with Crippen LogP contribution in [0.1, 0.15) is 30.5 Å². The number of benzene rings is 1. The molecule has 2 atom stereocenters. The molecule has 1 aliphatic rings. The Bertz CT molecular complexity index is 484. The summed E-state index contributed by atoms with van der Waals surface area (Å²) in [5, 5.41) is 9.29. The second kappa shape index (κ2) is 4.80. The van der Waals surface area contributed by atoms with Crippen molar-refractivity contribution in [3.05, 3.63) is 35.4 Å². The average molecular weight is 247 g/mol. The number of carboxylic acid groups (broad SMARTS) is 1. The summed E-state index contributed by atoms with van der Waals surface area (Å²) in [5.74, 6) is -1.61. The monoisotopic (exact) mass is 247 g/mol. The van der Waals surface area contributed by atoms with Crippen LogP contribution in [0.4, 0.5) is 0 Å². The van der Waals surface area contributed by atoms with Gasteiger partial charge in [0.15, 0.2) is 0 Å². The summed E-state index contributed by atoms with van der Waals surface area (Å²) in [5.41, 5.74) is 1.97. The molecule has 18 heavy (non-hydrogen) atoms. The molecular formula is C14H17NO3. The highest BCUT2D eigenvalue weighted by Gasteiger charge is 2.44.